The Hall–Kier alpha value is -5.44. The molecular formula is C40H48O15. The maximum absolute atomic E-state index is 13.6. The Morgan fingerprint density at radius 1 is 0.691 bits per heavy atom. The van der Waals surface area contributed by atoms with Gasteiger partial charge < -0.3 is 42.3 Å². The van der Waals surface area contributed by atoms with Crippen molar-refractivity contribution < 1.29 is 66.3 Å². The summed E-state index contributed by atoms with van der Waals surface area (Å²) in [5.41, 5.74) is -1.03. The normalized spacial score (nSPS) is 19.2. The molecule has 1 aliphatic rings. The number of unbranched alkanes of at least 4 members (excludes halogenated alkanes) is 7. The Bertz CT molecular complexity index is 1840. The van der Waals surface area contributed by atoms with Crippen molar-refractivity contribution in [2.45, 2.75) is 117 Å². The Morgan fingerprint density at radius 3 is 1.95 bits per heavy atom. The summed E-state index contributed by atoms with van der Waals surface area (Å²) in [6.45, 7) is 6.46. The summed E-state index contributed by atoms with van der Waals surface area (Å²) in [4.78, 5) is 75.7. The van der Waals surface area contributed by atoms with Gasteiger partial charge in [0.15, 0.2) is 18.0 Å². The quantitative estimate of drug-likeness (QED) is 0.0598. The maximum Gasteiger partial charge on any atom is 0.383 e. The third-order valence-corrected chi connectivity index (χ3v) is 8.45. The van der Waals surface area contributed by atoms with E-state index in [9.17, 15) is 28.8 Å². The summed E-state index contributed by atoms with van der Waals surface area (Å²) < 4.78 is 51.1. The lowest BCUT2D eigenvalue weighted by Crippen LogP contribution is -2.63. The van der Waals surface area contributed by atoms with Crippen LogP contribution in [0.15, 0.2) is 57.7 Å². The number of hydrogen-bond acceptors (Lipinski definition) is 15. The summed E-state index contributed by atoms with van der Waals surface area (Å²) in [5, 5.41) is 0.114. The molecule has 4 rings (SSSR count). The van der Waals surface area contributed by atoms with E-state index in [1.807, 2.05) is 0 Å². The van der Waals surface area contributed by atoms with E-state index in [-0.39, 0.29) is 22.3 Å². The zero-order valence-corrected chi connectivity index (χ0v) is 31.7. The van der Waals surface area contributed by atoms with Gasteiger partial charge in [-0.2, -0.15) is 0 Å². The highest BCUT2D eigenvalue weighted by molar-refractivity contribution is 5.93. The zero-order valence-electron chi connectivity index (χ0n) is 31.7. The lowest BCUT2D eigenvalue weighted by atomic mass is 9.98. The molecule has 0 saturated carbocycles. The molecular weight excluding hydrogens is 720 g/mol. The first-order valence-electron chi connectivity index (χ1n) is 18.4. The number of esters is 5. The van der Waals surface area contributed by atoms with Crippen molar-refractivity contribution in [2.75, 3.05) is 13.2 Å². The van der Waals surface area contributed by atoms with Crippen LogP contribution in [0.3, 0.4) is 0 Å². The highest BCUT2D eigenvalue weighted by atomic mass is 16.7. The highest BCUT2D eigenvalue weighted by Crippen LogP contribution is 2.39. The average Bonchev–Trinajstić information content (AvgIpc) is 3.13. The molecule has 2 aromatic carbocycles. The molecule has 0 N–H and O–H groups in total. The fraction of sp³-hybridized carbons (Fsp3) is 0.500. The van der Waals surface area contributed by atoms with Crippen molar-refractivity contribution in [1.82, 2.24) is 0 Å². The van der Waals surface area contributed by atoms with Gasteiger partial charge in [-0.05, 0) is 30.7 Å². The molecule has 0 aliphatic carbocycles. The number of carbonyl (C=O) groups excluding carboxylic acids is 5. The van der Waals surface area contributed by atoms with Crippen LogP contribution in [0, 0.1) is 0 Å². The van der Waals surface area contributed by atoms with Crippen LogP contribution in [0.2, 0.25) is 0 Å². The predicted molar refractivity (Wildman–Crippen MR) is 195 cm³/mol. The zero-order chi connectivity index (χ0) is 39.9. The first-order chi connectivity index (χ1) is 26.4. The minimum absolute atomic E-state index is 0.0152. The van der Waals surface area contributed by atoms with Crippen LogP contribution in [-0.2, 0) is 42.9 Å². The van der Waals surface area contributed by atoms with E-state index in [2.05, 4.69) is 6.92 Å². The Labute approximate surface area is 318 Å². The third kappa shape index (κ3) is 12.6. The van der Waals surface area contributed by atoms with Gasteiger partial charge in [-0.15, -0.1) is 0 Å². The molecule has 3 aromatic rings. The second-order valence-electron chi connectivity index (χ2n) is 13.0. The van der Waals surface area contributed by atoms with Gasteiger partial charge in [-0.25, -0.2) is 9.59 Å². The first-order valence-corrected chi connectivity index (χ1v) is 18.4. The van der Waals surface area contributed by atoms with Gasteiger partial charge in [0.1, 0.15) is 24.0 Å². The number of carbonyl (C=O) groups is 5. The molecule has 15 nitrogen and oxygen atoms in total. The number of ether oxygens (including phenoxy) is 8. The predicted octanol–water partition coefficient (Wildman–Crippen LogP) is 5.99. The molecule has 298 valence electrons. The van der Waals surface area contributed by atoms with Gasteiger partial charge in [0.25, 0.3) is 5.75 Å². The summed E-state index contributed by atoms with van der Waals surface area (Å²) >= 11 is 0. The van der Waals surface area contributed by atoms with Crippen molar-refractivity contribution in [3.05, 3.63) is 64.5 Å². The van der Waals surface area contributed by atoms with Crippen LogP contribution in [0.5, 0.6) is 17.2 Å². The van der Waals surface area contributed by atoms with E-state index < -0.39 is 78.5 Å². The second kappa shape index (κ2) is 20.9. The lowest BCUT2D eigenvalue weighted by molar-refractivity contribution is -0.288. The molecule has 0 unspecified atom stereocenters. The molecule has 1 saturated heterocycles. The number of fused-ring (bicyclic) bond motifs is 1. The molecule has 5 atom stereocenters. The molecule has 55 heavy (non-hydrogen) atoms. The second-order valence-corrected chi connectivity index (χ2v) is 13.0. The van der Waals surface area contributed by atoms with Crippen LogP contribution in [-0.4, -0.2) is 73.8 Å². The van der Waals surface area contributed by atoms with E-state index >= 15 is 0 Å². The van der Waals surface area contributed by atoms with Crippen LogP contribution >= 0.6 is 0 Å². The minimum Gasteiger partial charge on any atom is -0.493 e. The van der Waals surface area contributed by atoms with Gasteiger partial charge in [0, 0.05) is 33.8 Å². The van der Waals surface area contributed by atoms with Crippen LogP contribution in [0.4, 0.5) is 0 Å². The summed E-state index contributed by atoms with van der Waals surface area (Å²) in [5.74, 6) is -4.83. The van der Waals surface area contributed by atoms with Crippen molar-refractivity contribution in [1.29, 1.82) is 0 Å². The minimum atomic E-state index is -1.75. The Kier molecular flexibility index (Phi) is 16.0. The Morgan fingerprint density at radius 2 is 1.31 bits per heavy atom. The smallest absolute Gasteiger partial charge is 0.383 e. The van der Waals surface area contributed by atoms with Crippen molar-refractivity contribution in [3.8, 4) is 17.2 Å². The van der Waals surface area contributed by atoms with E-state index in [4.69, 9.17) is 42.3 Å². The van der Waals surface area contributed by atoms with Gasteiger partial charge in [0.05, 0.1) is 17.6 Å². The fourth-order valence-corrected chi connectivity index (χ4v) is 5.98. The molecule has 1 fully saturated rings. The highest BCUT2D eigenvalue weighted by Gasteiger charge is 2.53. The van der Waals surface area contributed by atoms with Gasteiger partial charge >= 0.3 is 35.5 Å². The topological polar surface area (TPSA) is 189 Å². The third-order valence-electron chi connectivity index (χ3n) is 8.45. The van der Waals surface area contributed by atoms with Gasteiger partial charge in [-0.1, -0.05) is 70.1 Å². The van der Waals surface area contributed by atoms with Gasteiger partial charge in [0.2, 0.25) is 12.4 Å². The molecule has 0 amide bonds. The van der Waals surface area contributed by atoms with Crippen molar-refractivity contribution >= 4 is 40.8 Å². The van der Waals surface area contributed by atoms with E-state index in [0.717, 1.165) is 47.0 Å². The van der Waals surface area contributed by atoms with Crippen molar-refractivity contribution in [2.24, 2.45) is 0 Å². The standard InChI is InChI=1S/C40H48O15/c1-6-7-8-9-10-11-12-16-21-47-29-19-20-30-31(22-29)52-39(46)36(54-38(45)28-17-14-13-15-18-28)33(30)55-40-37(51-27(5)44)35(50-26(4)43)34(49-25(3)42)32(53-40)23-48-24(2)41/h13-15,17-20,22,32,34-35,37,40H,6-12,16,21,23H2,1-5H3/t32-,34+,35+,37-,40+/m1/s1. The number of rotatable bonds is 19. The summed E-state index contributed by atoms with van der Waals surface area (Å²) in [6.07, 6.45) is 1.20. The van der Waals surface area contributed by atoms with Crippen LogP contribution in [0.25, 0.3) is 11.0 Å². The monoisotopic (exact) mass is 768 g/mol. The molecule has 15 heteroatoms. The van der Waals surface area contributed by atoms with Crippen LogP contribution < -0.4 is 19.8 Å². The maximum atomic E-state index is 13.6. The SMILES string of the molecule is CCCCCCCCCCOc1ccc2c(O[C@@H]3O[C@H](COC(C)=O)[C@H](OC(C)=O)[C@H](OC(C)=O)[C@H]3OC(C)=O)c(OC(=O)c3ccccc3)c(=O)oc2c1. The number of hydrogen-bond donors (Lipinski definition) is 0. The lowest BCUT2D eigenvalue weighted by Gasteiger charge is -2.44. The van der Waals surface area contributed by atoms with E-state index in [0.29, 0.717) is 12.4 Å². The van der Waals surface area contributed by atoms with Crippen molar-refractivity contribution in [3.63, 3.8) is 0 Å². The van der Waals surface area contributed by atoms with Gasteiger partial charge in [-0.3, -0.25) is 19.2 Å². The molecule has 0 radical (unpaired) electrons. The van der Waals surface area contributed by atoms with Crippen LogP contribution in [0.1, 0.15) is 96.3 Å². The van der Waals surface area contributed by atoms with E-state index in [1.165, 1.54) is 56.4 Å². The molecule has 0 bridgehead atoms. The number of benzene rings is 2. The Balaban J connectivity index is 1.74. The summed E-state index contributed by atoms with van der Waals surface area (Å²) in [7, 11) is 0. The first kappa shape index (κ1) is 42.3. The average molecular weight is 769 g/mol. The largest absolute Gasteiger partial charge is 0.493 e. The molecule has 0 spiro atoms. The van der Waals surface area contributed by atoms with E-state index in [1.54, 1.807) is 24.3 Å². The fourth-order valence-electron chi connectivity index (χ4n) is 5.98. The molecule has 1 aromatic heterocycles. The summed E-state index contributed by atoms with van der Waals surface area (Å²) in [6, 6.07) is 12.4. The molecule has 1 aliphatic heterocycles. The molecule has 2 heterocycles.